The number of ether oxygens (including phenoxy) is 1. The van der Waals surface area contributed by atoms with Crippen LogP contribution in [-0.4, -0.2) is 36.7 Å². The van der Waals surface area contributed by atoms with E-state index < -0.39 is 0 Å². The van der Waals surface area contributed by atoms with Gasteiger partial charge >= 0.3 is 0 Å². The molecule has 1 aliphatic carbocycles. The maximum absolute atomic E-state index is 6.05. The van der Waals surface area contributed by atoms with Gasteiger partial charge in [0.15, 0.2) is 0 Å². The zero-order chi connectivity index (χ0) is 13.5. The largest absolute Gasteiger partial charge is 0.492 e. The quantitative estimate of drug-likeness (QED) is 0.915. The molecule has 4 rings (SSSR count). The van der Waals surface area contributed by atoms with Gasteiger partial charge in [-0.1, -0.05) is 25.1 Å². The number of para-hydroxylation sites is 1. The molecule has 0 amide bonds. The molecule has 1 saturated carbocycles. The second-order valence-electron chi connectivity index (χ2n) is 6.48. The number of hydrogen-bond acceptors (Lipinski definition) is 3. The molecule has 0 radical (unpaired) electrons. The van der Waals surface area contributed by atoms with Crippen molar-refractivity contribution in [3.63, 3.8) is 0 Å². The van der Waals surface area contributed by atoms with Crippen molar-refractivity contribution in [1.82, 2.24) is 10.2 Å². The highest BCUT2D eigenvalue weighted by molar-refractivity contribution is 5.39. The standard InChI is InChI=1S/C17H24N2O/c1-2-18-17-14-5-3-4-6-16(14)20-11-15(17)19-10-12-7-8-13(19)9-12/h3-6,12-13,15,17-18H,2,7-11H2,1H3. The Morgan fingerprint density at radius 1 is 1.30 bits per heavy atom. The zero-order valence-electron chi connectivity index (χ0n) is 12.2. The number of nitrogens with one attached hydrogen (secondary N) is 1. The van der Waals surface area contributed by atoms with Crippen molar-refractivity contribution < 1.29 is 4.74 Å². The van der Waals surface area contributed by atoms with E-state index >= 15 is 0 Å². The van der Waals surface area contributed by atoms with Crippen LogP contribution in [0.1, 0.15) is 37.8 Å². The molecule has 0 spiro atoms. The van der Waals surface area contributed by atoms with E-state index in [9.17, 15) is 0 Å². The summed E-state index contributed by atoms with van der Waals surface area (Å²) in [5.41, 5.74) is 1.34. The van der Waals surface area contributed by atoms with Crippen molar-refractivity contribution in [3.05, 3.63) is 29.8 Å². The smallest absolute Gasteiger partial charge is 0.124 e. The number of piperidine rings is 1. The SMILES string of the molecule is CCNC1c2ccccc2OCC1N1CC2CCC1C2. The maximum Gasteiger partial charge on any atom is 0.124 e. The van der Waals surface area contributed by atoms with Crippen LogP contribution < -0.4 is 10.1 Å². The Kier molecular flexibility index (Phi) is 3.20. The molecule has 1 aromatic carbocycles. The molecule has 20 heavy (non-hydrogen) atoms. The van der Waals surface area contributed by atoms with E-state index in [1.807, 2.05) is 0 Å². The van der Waals surface area contributed by atoms with Crippen molar-refractivity contribution in [2.45, 2.75) is 44.3 Å². The summed E-state index contributed by atoms with van der Waals surface area (Å²) in [6.07, 6.45) is 4.25. The average Bonchev–Trinajstić information content (AvgIpc) is 3.10. The molecule has 2 heterocycles. The van der Waals surface area contributed by atoms with Gasteiger partial charge in [0, 0.05) is 18.2 Å². The van der Waals surface area contributed by atoms with Crippen molar-refractivity contribution >= 4 is 0 Å². The first kappa shape index (κ1) is 12.7. The first-order chi connectivity index (χ1) is 9.86. The summed E-state index contributed by atoms with van der Waals surface area (Å²) in [5, 5.41) is 3.71. The lowest BCUT2D eigenvalue weighted by molar-refractivity contribution is 0.0623. The average molecular weight is 272 g/mol. The fourth-order valence-electron chi connectivity index (χ4n) is 4.47. The number of likely N-dealkylation sites (N-methyl/N-ethyl adjacent to an activating group) is 1. The third-order valence-electron chi connectivity index (χ3n) is 5.35. The number of rotatable bonds is 3. The number of likely N-dealkylation sites (tertiary alicyclic amines) is 1. The van der Waals surface area contributed by atoms with Crippen LogP contribution in [0.25, 0.3) is 0 Å². The molecule has 0 aromatic heterocycles. The summed E-state index contributed by atoms with van der Waals surface area (Å²) in [5.74, 6) is 2.01. The van der Waals surface area contributed by atoms with Crippen molar-refractivity contribution in [2.75, 3.05) is 19.7 Å². The number of benzene rings is 1. The van der Waals surface area contributed by atoms with E-state index in [0.717, 1.165) is 30.9 Å². The fourth-order valence-corrected chi connectivity index (χ4v) is 4.47. The summed E-state index contributed by atoms with van der Waals surface area (Å²) in [7, 11) is 0. The minimum atomic E-state index is 0.421. The second-order valence-corrected chi connectivity index (χ2v) is 6.48. The van der Waals surface area contributed by atoms with Gasteiger partial charge in [-0.2, -0.15) is 0 Å². The van der Waals surface area contributed by atoms with Crippen molar-refractivity contribution in [2.24, 2.45) is 5.92 Å². The van der Waals surface area contributed by atoms with E-state index in [0.29, 0.717) is 12.1 Å². The maximum atomic E-state index is 6.05. The van der Waals surface area contributed by atoms with Crippen LogP contribution in [0.2, 0.25) is 0 Å². The molecule has 2 aliphatic heterocycles. The highest BCUT2D eigenvalue weighted by Gasteiger charge is 2.45. The molecule has 1 saturated heterocycles. The molecule has 4 unspecified atom stereocenters. The monoisotopic (exact) mass is 272 g/mol. The van der Waals surface area contributed by atoms with E-state index in [4.69, 9.17) is 4.74 Å². The molecule has 1 aromatic rings. The minimum absolute atomic E-state index is 0.421. The van der Waals surface area contributed by atoms with Crippen LogP contribution in [0.15, 0.2) is 24.3 Å². The summed E-state index contributed by atoms with van der Waals surface area (Å²) >= 11 is 0. The Balaban J connectivity index is 1.63. The lowest BCUT2D eigenvalue weighted by atomic mass is 9.93. The molecule has 108 valence electrons. The van der Waals surface area contributed by atoms with Gasteiger partial charge in [-0.15, -0.1) is 0 Å². The van der Waals surface area contributed by atoms with Gasteiger partial charge in [-0.3, -0.25) is 4.90 Å². The molecule has 3 nitrogen and oxygen atoms in total. The van der Waals surface area contributed by atoms with E-state index in [2.05, 4.69) is 41.4 Å². The molecule has 2 fully saturated rings. The highest BCUT2D eigenvalue weighted by Crippen LogP contribution is 2.43. The topological polar surface area (TPSA) is 24.5 Å². The van der Waals surface area contributed by atoms with Crippen LogP contribution in [0.3, 0.4) is 0 Å². The lowest BCUT2D eigenvalue weighted by Gasteiger charge is -2.42. The van der Waals surface area contributed by atoms with Gasteiger partial charge in [0.1, 0.15) is 12.4 Å². The summed E-state index contributed by atoms with van der Waals surface area (Å²) in [6, 6.07) is 10.3. The summed E-state index contributed by atoms with van der Waals surface area (Å²) < 4.78 is 6.05. The zero-order valence-corrected chi connectivity index (χ0v) is 12.2. The van der Waals surface area contributed by atoms with E-state index in [1.54, 1.807) is 0 Å². The Hall–Kier alpha value is -1.06. The van der Waals surface area contributed by atoms with Crippen LogP contribution in [0.4, 0.5) is 0 Å². The van der Waals surface area contributed by atoms with Gasteiger partial charge in [0.2, 0.25) is 0 Å². The second kappa shape index (κ2) is 5.05. The molecule has 3 heteroatoms. The Morgan fingerprint density at radius 3 is 2.95 bits per heavy atom. The highest BCUT2D eigenvalue weighted by atomic mass is 16.5. The molecule has 3 aliphatic rings. The Bertz CT molecular complexity index is 490. The first-order valence-electron chi connectivity index (χ1n) is 8.07. The molecular weight excluding hydrogens is 248 g/mol. The van der Waals surface area contributed by atoms with Gasteiger partial charge < -0.3 is 10.1 Å². The van der Waals surface area contributed by atoms with Crippen LogP contribution in [0, 0.1) is 5.92 Å². The van der Waals surface area contributed by atoms with Crippen LogP contribution >= 0.6 is 0 Å². The molecule has 1 N–H and O–H groups in total. The predicted molar refractivity (Wildman–Crippen MR) is 80.0 cm³/mol. The van der Waals surface area contributed by atoms with Gasteiger partial charge in [-0.05, 0) is 37.8 Å². The third kappa shape index (κ3) is 1.95. The normalized spacial score (nSPS) is 35.9. The van der Waals surface area contributed by atoms with Gasteiger partial charge in [0.25, 0.3) is 0 Å². The Morgan fingerprint density at radius 2 is 2.20 bits per heavy atom. The fraction of sp³-hybridized carbons (Fsp3) is 0.647. The van der Waals surface area contributed by atoms with Gasteiger partial charge in [0.05, 0.1) is 12.1 Å². The lowest BCUT2D eigenvalue weighted by Crippen LogP contribution is -2.52. The third-order valence-corrected chi connectivity index (χ3v) is 5.35. The number of hydrogen-bond donors (Lipinski definition) is 1. The van der Waals surface area contributed by atoms with E-state index in [1.165, 1.54) is 31.4 Å². The van der Waals surface area contributed by atoms with Crippen LogP contribution in [0.5, 0.6) is 5.75 Å². The van der Waals surface area contributed by atoms with Crippen molar-refractivity contribution in [1.29, 1.82) is 0 Å². The first-order valence-corrected chi connectivity index (χ1v) is 8.07. The van der Waals surface area contributed by atoms with Gasteiger partial charge in [-0.25, -0.2) is 0 Å². The number of fused-ring (bicyclic) bond motifs is 3. The summed E-state index contributed by atoms with van der Waals surface area (Å²) in [6.45, 7) is 5.32. The summed E-state index contributed by atoms with van der Waals surface area (Å²) in [4.78, 5) is 2.73. The molecule has 2 bridgehead atoms. The predicted octanol–water partition coefficient (Wildman–Crippen LogP) is 2.58. The van der Waals surface area contributed by atoms with Crippen LogP contribution in [-0.2, 0) is 0 Å². The minimum Gasteiger partial charge on any atom is -0.492 e. The molecular formula is C17H24N2O. The van der Waals surface area contributed by atoms with Crippen molar-refractivity contribution in [3.8, 4) is 5.75 Å². The number of nitrogens with zero attached hydrogens (tertiary/aromatic N) is 1. The Labute approximate surface area is 121 Å². The molecule has 4 atom stereocenters. The van der Waals surface area contributed by atoms with E-state index in [-0.39, 0.29) is 0 Å².